The van der Waals surface area contributed by atoms with E-state index in [4.69, 9.17) is 9.84 Å². The standard InChI is InChI=1S/C22H42O4/c1-20(2)26-22(25)19-17-15-13-11-9-7-5-3-4-6-8-10-12-14-16-18-21(23)24/h20H,3-19H2,1-2H3,(H,23,24). The molecule has 0 aromatic rings. The van der Waals surface area contributed by atoms with Gasteiger partial charge in [-0.15, -0.1) is 0 Å². The monoisotopic (exact) mass is 370 g/mol. The minimum atomic E-state index is -0.670. The molecule has 0 aromatic carbocycles. The van der Waals surface area contributed by atoms with E-state index in [2.05, 4.69) is 0 Å². The van der Waals surface area contributed by atoms with E-state index < -0.39 is 5.97 Å². The summed E-state index contributed by atoms with van der Waals surface area (Å²) in [4.78, 5) is 21.8. The third kappa shape index (κ3) is 21.0. The van der Waals surface area contributed by atoms with Gasteiger partial charge in [-0.25, -0.2) is 0 Å². The number of esters is 1. The Morgan fingerprint density at radius 1 is 0.615 bits per heavy atom. The number of carboxylic acids is 1. The molecule has 1 N–H and O–H groups in total. The van der Waals surface area contributed by atoms with Crippen LogP contribution in [0, 0.1) is 0 Å². The molecule has 0 radical (unpaired) electrons. The molecule has 0 bridgehead atoms. The predicted molar refractivity (Wildman–Crippen MR) is 107 cm³/mol. The Bertz CT molecular complexity index is 339. The number of carbonyl (C=O) groups is 2. The SMILES string of the molecule is CC(C)OC(=O)CCCCCCCCCCCCCCCCCC(=O)O. The van der Waals surface area contributed by atoms with Crippen molar-refractivity contribution in [1.29, 1.82) is 0 Å². The highest BCUT2D eigenvalue weighted by Crippen LogP contribution is 2.14. The fraction of sp³-hybridized carbons (Fsp3) is 0.909. The van der Waals surface area contributed by atoms with Gasteiger partial charge in [0.25, 0.3) is 0 Å². The molecular weight excluding hydrogens is 328 g/mol. The van der Waals surface area contributed by atoms with E-state index in [9.17, 15) is 9.59 Å². The van der Waals surface area contributed by atoms with E-state index >= 15 is 0 Å². The molecule has 0 rings (SSSR count). The third-order valence-corrected chi connectivity index (χ3v) is 4.64. The second-order valence-corrected chi connectivity index (χ2v) is 7.74. The molecule has 0 fully saturated rings. The summed E-state index contributed by atoms with van der Waals surface area (Å²) in [6.07, 6.45) is 19.2. The van der Waals surface area contributed by atoms with Crippen molar-refractivity contribution in [3.05, 3.63) is 0 Å². The molecule has 0 atom stereocenters. The maximum atomic E-state index is 11.4. The Morgan fingerprint density at radius 3 is 1.23 bits per heavy atom. The van der Waals surface area contributed by atoms with Crippen LogP contribution < -0.4 is 0 Å². The van der Waals surface area contributed by atoms with Crippen LogP contribution >= 0.6 is 0 Å². The summed E-state index contributed by atoms with van der Waals surface area (Å²) >= 11 is 0. The highest BCUT2D eigenvalue weighted by atomic mass is 16.5. The summed E-state index contributed by atoms with van der Waals surface area (Å²) in [5.74, 6) is -0.725. The number of rotatable bonds is 19. The minimum absolute atomic E-state index is 0.00585. The Labute approximate surface area is 161 Å². The summed E-state index contributed by atoms with van der Waals surface area (Å²) in [5.41, 5.74) is 0. The first-order valence-electron chi connectivity index (χ1n) is 10.9. The lowest BCUT2D eigenvalue weighted by Crippen LogP contribution is -2.10. The molecule has 0 aromatic heterocycles. The van der Waals surface area contributed by atoms with E-state index in [1.807, 2.05) is 13.8 Å². The normalized spacial score (nSPS) is 11.0. The number of carboxylic acid groups (broad SMARTS) is 1. The minimum Gasteiger partial charge on any atom is -0.481 e. The molecule has 0 aliphatic carbocycles. The highest BCUT2D eigenvalue weighted by Gasteiger charge is 2.04. The zero-order valence-corrected chi connectivity index (χ0v) is 17.3. The Balaban J connectivity index is 3.09. The lowest BCUT2D eigenvalue weighted by molar-refractivity contribution is -0.147. The summed E-state index contributed by atoms with van der Waals surface area (Å²) in [7, 11) is 0. The van der Waals surface area contributed by atoms with Crippen LogP contribution in [0.5, 0.6) is 0 Å². The summed E-state index contributed by atoms with van der Waals surface area (Å²) in [6.45, 7) is 3.78. The van der Waals surface area contributed by atoms with E-state index in [0.717, 1.165) is 25.7 Å². The number of hydrogen-bond donors (Lipinski definition) is 1. The second-order valence-electron chi connectivity index (χ2n) is 7.74. The molecule has 26 heavy (non-hydrogen) atoms. The number of hydrogen-bond acceptors (Lipinski definition) is 3. The van der Waals surface area contributed by atoms with Crippen molar-refractivity contribution in [2.75, 3.05) is 0 Å². The second kappa shape index (κ2) is 18.7. The van der Waals surface area contributed by atoms with Crippen LogP contribution in [0.4, 0.5) is 0 Å². The van der Waals surface area contributed by atoms with Gasteiger partial charge in [-0.3, -0.25) is 9.59 Å². The van der Waals surface area contributed by atoms with Crippen LogP contribution in [0.1, 0.15) is 123 Å². The number of aliphatic carboxylic acids is 1. The first-order chi connectivity index (χ1) is 12.5. The number of unbranched alkanes of at least 4 members (excludes halogenated alkanes) is 14. The average molecular weight is 371 g/mol. The summed E-state index contributed by atoms with van der Waals surface area (Å²) in [5, 5.41) is 8.56. The third-order valence-electron chi connectivity index (χ3n) is 4.64. The van der Waals surface area contributed by atoms with Gasteiger partial charge in [0.15, 0.2) is 0 Å². The van der Waals surface area contributed by atoms with Crippen molar-refractivity contribution in [3.8, 4) is 0 Å². The van der Waals surface area contributed by atoms with Crippen LogP contribution in [-0.4, -0.2) is 23.1 Å². The number of carbonyl (C=O) groups excluding carboxylic acids is 1. The first-order valence-corrected chi connectivity index (χ1v) is 10.9. The fourth-order valence-electron chi connectivity index (χ4n) is 3.17. The maximum absolute atomic E-state index is 11.4. The van der Waals surface area contributed by atoms with Crippen LogP contribution in [0.3, 0.4) is 0 Å². The topological polar surface area (TPSA) is 63.6 Å². The number of ether oxygens (including phenoxy) is 1. The van der Waals surface area contributed by atoms with Crippen molar-refractivity contribution in [3.63, 3.8) is 0 Å². The molecule has 0 spiro atoms. The van der Waals surface area contributed by atoms with E-state index in [0.29, 0.717) is 12.8 Å². The molecular formula is C22H42O4. The summed E-state index contributed by atoms with van der Waals surface area (Å²) in [6, 6.07) is 0. The van der Waals surface area contributed by atoms with Crippen molar-refractivity contribution in [1.82, 2.24) is 0 Å². The molecule has 0 saturated heterocycles. The smallest absolute Gasteiger partial charge is 0.306 e. The Morgan fingerprint density at radius 2 is 0.923 bits per heavy atom. The molecule has 0 unspecified atom stereocenters. The van der Waals surface area contributed by atoms with E-state index in [1.54, 1.807) is 0 Å². The fourth-order valence-corrected chi connectivity index (χ4v) is 3.17. The lowest BCUT2D eigenvalue weighted by Gasteiger charge is -2.07. The molecule has 4 nitrogen and oxygen atoms in total. The van der Waals surface area contributed by atoms with Crippen molar-refractivity contribution in [2.24, 2.45) is 0 Å². The van der Waals surface area contributed by atoms with E-state index in [-0.39, 0.29) is 12.1 Å². The quantitative estimate of drug-likeness (QED) is 0.204. The molecule has 0 aliphatic heterocycles. The largest absolute Gasteiger partial charge is 0.481 e. The first kappa shape index (κ1) is 24.9. The van der Waals surface area contributed by atoms with Crippen molar-refractivity contribution < 1.29 is 19.4 Å². The van der Waals surface area contributed by atoms with Gasteiger partial charge in [0, 0.05) is 12.8 Å². The molecule has 0 aliphatic rings. The maximum Gasteiger partial charge on any atom is 0.306 e. The van der Waals surface area contributed by atoms with Crippen LogP contribution in [0.25, 0.3) is 0 Å². The van der Waals surface area contributed by atoms with Gasteiger partial charge in [-0.2, -0.15) is 0 Å². The molecule has 154 valence electrons. The lowest BCUT2D eigenvalue weighted by atomic mass is 10.0. The zero-order chi connectivity index (χ0) is 19.5. The van der Waals surface area contributed by atoms with Crippen LogP contribution in [0.15, 0.2) is 0 Å². The van der Waals surface area contributed by atoms with Gasteiger partial charge in [-0.1, -0.05) is 83.5 Å². The molecule has 0 amide bonds. The van der Waals surface area contributed by atoms with Gasteiger partial charge in [0.05, 0.1) is 6.10 Å². The molecule has 0 saturated carbocycles. The predicted octanol–water partition coefficient (Wildman–Crippen LogP) is 6.65. The van der Waals surface area contributed by atoms with Gasteiger partial charge < -0.3 is 9.84 Å². The Kier molecular flexibility index (Phi) is 18.0. The average Bonchev–Trinajstić information content (AvgIpc) is 2.56. The van der Waals surface area contributed by atoms with Crippen LogP contribution in [-0.2, 0) is 14.3 Å². The van der Waals surface area contributed by atoms with Gasteiger partial charge >= 0.3 is 11.9 Å². The molecule has 0 heterocycles. The zero-order valence-electron chi connectivity index (χ0n) is 17.3. The van der Waals surface area contributed by atoms with Gasteiger partial charge in [0.2, 0.25) is 0 Å². The van der Waals surface area contributed by atoms with Crippen molar-refractivity contribution >= 4 is 11.9 Å². The van der Waals surface area contributed by atoms with Crippen molar-refractivity contribution in [2.45, 2.75) is 129 Å². The molecule has 4 heteroatoms. The highest BCUT2D eigenvalue weighted by molar-refractivity contribution is 5.69. The van der Waals surface area contributed by atoms with E-state index in [1.165, 1.54) is 70.6 Å². The van der Waals surface area contributed by atoms with Gasteiger partial charge in [-0.05, 0) is 26.7 Å². The summed E-state index contributed by atoms with van der Waals surface area (Å²) < 4.78 is 5.12. The van der Waals surface area contributed by atoms with Gasteiger partial charge in [0.1, 0.15) is 0 Å². The van der Waals surface area contributed by atoms with Crippen LogP contribution in [0.2, 0.25) is 0 Å². The Hall–Kier alpha value is -1.06.